The van der Waals surface area contributed by atoms with Crippen LogP contribution in [0.3, 0.4) is 0 Å². The van der Waals surface area contributed by atoms with Crippen LogP contribution in [0, 0.1) is 17.1 Å². The summed E-state index contributed by atoms with van der Waals surface area (Å²) in [6.07, 6.45) is 4.78. The van der Waals surface area contributed by atoms with Crippen LogP contribution in [0.15, 0.2) is 65.6 Å². The number of amides is 1. The molecular weight excluding hydrogens is 513 g/mol. The Labute approximate surface area is 229 Å². The Bertz CT molecular complexity index is 1510. The minimum Gasteiger partial charge on any atom is -0.344 e. The summed E-state index contributed by atoms with van der Waals surface area (Å²) in [6, 6.07) is 18.5. The zero-order valence-electron chi connectivity index (χ0n) is 22.2. The van der Waals surface area contributed by atoms with Gasteiger partial charge in [-0.05, 0) is 96.7 Å². The van der Waals surface area contributed by atoms with Crippen molar-refractivity contribution in [3.05, 3.63) is 88.7 Å². The highest BCUT2D eigenvalue weighted by Gasteiger charge is 2.29. The molecule has 8 heteroatoms. The van der Waals surface area contributed by atoms with Gasteiger partial charge in [-0.15, -0.1) is 0 Å². The average molecular weight is 546 g/mol. The lowest BCUT2D eigenvalue weighted by Gasteiger charge is -2.23. The SMILES string of the molecule is CCS(=O)(=O)c1ccc([C@H](CC#N)NC(=O)c2ccc(N(C)c3cc(C4CC4)cc(C4CC4)c3)c(F)c2)cc1. The van der Waals surface area contributed by atoms with Crippen molar-refractivity contribution in [3.8, 4) is 6.07 Å². The van der Waals surface area contributed by atoms with Crippen LogP contribution in [-0.4, -0.2) is 27.1 Å². The third-order valence-corrected chi connectivity index (χ3v) is 9.39. The first-order valence-electron chi connectivity index (χ1n) is 13.4. The number of nitriles is 1. The van der Waals surface area contributed by atoms with E-state index >= 15 is 4.39 Å². The molecule has 0 bridgehead atoms. The lowest BCUT2D eigenvalue weighted by atomic mass is 10.0. The van der Waals surface area contributed by atoms with Crippen LogP contribution in [-0.2, 0) is 9.84 Å². The normalized spacial score (nSPS) is 15.8. The Morgan fingerprint density at radius 1 is 1.03 bits per heavy atom. The number of anilines is 2. The fourth-order valence-corrected chi connectivity index (χ4v) is 5.76. The van der Waals surface area contributed by atoms with Crippen molar-refractivity contribution in [2.75, 3.05) is 17.7 Å². The first-order chi connectivity index (χ1) is 18.7. The monoisotopic (exact) mass is 545 g/mol. The molecule has 1 amide bonds. The van der Waals surface area contributed by atoms with E-state index in [1.165, 1.54) is 55.0 Å². The highest BCUT2D eigenvalue weighted by atomic mass is 32.2. The van der Waals surface area contributed by atoms with Crippen LogP contribution in [0.1, 0.15) is 84.0 Å². The summed E-state index contributed by atoms with van der Waals surface area (Å²) < 4.78 is 39.6. The summed E-state index contributed by atoms with van der Waals surface area (Å²) >= 11 is 0. The summed E-state index contributed by atoms with van der Waals surface area (Å²) in [7, 11) is -1.52. The lowest BCUT2D eigenvalue weighted by Crippen LogP contribution is -2.28. The fourth-order valence-electron chi connectivity index (χ4n) is 4.88. The van der Waals surface area contributed by atoms with Gasteiger partial charge in [0.15, 0.2) is 9.84 Å². The summed E-state index contributed by atoms with van der Waals surface area (Å²) in [5.74, 6) is 0.150. The number of benzene rings is 3. The van der Waals surface area contributed by atoms with Gasteiger partial charge in [-0.3, -0.25) is 4.79 Å². The van der Waals surface area contributed by atoms with Crippen LogP contribution in [0.5, 0.6) is 0 Å². The van der Waals surface area contributed by atoms with Crippen molar-refractivity contribution >= 4 is 27.1 Å². The number of sulfone groups is 1. The number of rotatable bonds is 10. The fraction of sp³-hybridized carbons (Fsp3) is 0.355. The molecule has 0 aliphatic heterocycles. The van der Waals surface area contributed by atoms with E-state index in [-0.39, 0.29) is 22.6 Å². The van der Waals surface area contributed by atoms with E-state index in [0.717, 1.165) is 5.69 Å². The van der Waals surface area contributed by atoms with Crippen LogP contribution in [0.4, 0.5) is 15.8 Å². The first-order valence-corrected chi connectivity index (χ1v) is 15.0. The molecule has 6 nitrogen and oxygen atoms in total. The number of nitrogens with zero attached hydrogens (tertiary/aromatic N) is 2. The quantitative estimate of drug-likeness (QED) is 0.313. The highest BCUT2D eigenvalue weighted by Crippen LogP contribution is 2.47. The number of halogens is 1. The van der Waals surface area contributed by atoms with Gasteiger partial charge in [-0.2, -0.15) is 5.26 Å². The molecule has 0 heterocycles. The molecule has 3 aromatic carbocycles. The summed E-state index contributed by atoms with van der Waals surface area (Å²) in [6.45, 7) is 1.57. The van der Waals surface area contributed by atoms with Gasteiger partial charge < -0.3 is 10.2 Å². The molecule has 2 aliphatic carbocycles. The third kappa shape index (κ3) is 5.99. The van der Waals surface area contributed by atoms with Crippen molar-refractivity contribution < 1.29 is 17.6 Å². The van der Waals surface area contributed by atoms with Gasteiger partial charge in [0, 0.05) is 18.3 Å². The Balaban J connectivity index is 1.34. The van der Waals surface area contributed by atoms with Crippen LogP contribution < -0.4 is 10.2 Å². The molecule has 1 atom stereocenters. The maximum Gasteiger partial charge on any atom is 0.251 e. The van der Waals surface area contributed by atoms with Crippen LogP contribution in [0.25, 0.3) is 0 Å². The molecule has 1 N–H and O–H groups in total. The molecule has 0 aromatic heterocycles. The van der Waals surface area contributed by atoms with Gasteiger partial charge in [-0.25, -0.2) is 12.8 Å². The Hall–Kier alpha value is -3.70. The highest BCUT2D eigenvalue weighted by molar-refractivity contribution is 7.91. The maximum atomic E-state index is 15.4. The summed E-state index contributed by atoms with van der Waals surface area (Å²) in [4.78, 5) is 15.1. The van der Waals surface area contributed by atoms with Gasteiger partial charge in [0.25, 0.3) is 5.91 Å². The zero-order chi connectivity index (χ0) is 27.7. The number of carbonyl (C=O) groups is 1. The van der Waals surface area contributed by atoms with Crippen molar-refractivity contribution in [1.29, 1.82) is 5.26 Å². The first kappa shape index (κ1) is 26.9. The van der Waals surface area contributed by atoms with Gasteiger partial charge >= 0.3 is 0 Å². The topological polar surface area (TPSA) is 90.3 Å². The maximum absolute atomic E-state index is 15.4. The standard InChI is InChI=1S/C31H32FN3O3S/c1-3-39(37,38)27-11-8-22(9-12-27)29(14-15-33)34-31(36)23-10-13-30(28(32)19-23)35(2)26-17-24(20-4-5-20)16-25(18-26)21-6-7-21/h8-13,16-21,29H,3-7,14H2,1-2H3,(H,34,36)/t29-/m0/s1. The van der Waals surface area contributed by atoms with E-state index in [0.29, 0.717) is 23.1 Å². The van der Waals surface area contributed by atoms with E-state index in [9.17, 15) is 18.5 Å². The molecule has 2 fully saturated rings. The van der Waals surface area contributed by atoms with Gasteiger partial charge in [0.2, 0.25) is 0 Å². The van der Waals surface area contributed by atoms with E-state index in [2.05, 4.69) is 29.6 Å². The van der Waals surface area contributed by atoms with Gasteiger partial charge in [-0.1, -0.05) is 25.1 Å². The number of hydrogen-bond donors (Lipinski definition) is 1. The Morgan fingerprint density at radius 2 is 1.64 bits per heavy atom. The molecule has 0 unspecified atom stereocenters. The minimum atomic E-state index is -3.36. The number of carbonyl (C=O) groups excluding carboxylic acids is 1. The van der Waals surface area contributed by atoms with Crippen molar-refractivity contribution in [3.63, 3.8) is 0 Å². The Morgan fingerprint density at radius 3 is 2.15 bits per heavy atom. The van der Waals surface area contributed by atoms with Gasteiger partial charge in [0.05, 0.1) is 34.9 Å². The molecule has 0 radical (unpaired) electrons. The second kappa shape index (κ2) is 10.8. The summed E-state index contributed by atoms with van der Waals surface area (Å²) in [5.41, 5.74) is 4.70. The second-order valence-corrected chi connectivity index (χ2v) is 12.8. The van der Waals surface area contributed by atoms with Crippen molar-refractivity contribution in [2.24, 2.45) is 0 Å². The molecular formula is C31H32FN3O3S. The molecule has 3 aromatic rings. The van der Waals surface area contributed by atoms with E-state index in [1.807, 2.05) is 11.9 Å². The lowest BCUT2D eigenvalue weighted by molar-refractivity contribution is 0.0937. The number of hydrogen-bond acceptors (Lipinski definition) is 5. The second-order valence-electron chi connectivity index (χ2n) is 10.5. The largest absolute Gasteiger partial charge is 0.344 e. The summed E-state index contributed by atoms with van der Waals surface area (Å²) in [5, 5.41) is 12.1. The predicted molar refractivity (Wildman–Crippen MR) is 149 cm³/mol. The third-order valence-electron chi connectivity index (χ3n) is 7.64. The average Bonchev–Trinajstić information content (AvgIpc) is 3.85. The molecule has 39 heavy (non-hydrogen) atoms. The smallest absolute Gasteiger partial charge is 0.251 e. The molecule has 2 aliphatic rings. The Kier molecular flexibility index (Phi) is 7.46. The van der Waals surface area contributed by atoms with Crippen molar-refractivity contribution in [2.45, 2.75) is 61.8 Å². The van der Waals surface area contributed by atoms with Gasteiger partial charge in [0.1, 0.15) is 5.82 Å². The predicted octanol–water partition coefficient (Wildman–Crippen LogP) is 6.53. The van der Waals surface area contributed by atoms with Crippen LogP contribution in [0.2, 0.25) is 0 Å². The minimum absolute atomic E-state index is 0.0183. The molecule has 2 saturated carbocycles. The van der Waals surface area contributed by atoms with Crippen molar-refractivity contribution in [1.82, 2.24) is 5.32 Å². The van der Waals surface area contributed by atoms with E-state index < -0.39 is 27.6 Å². The zero-order valence-corrected chi connectivity index (χ0v) is 23.0. The molecule has 0 saturated heterocycles. The van der Waals surface area contributed by atoms with E-state index in [1.54, 1.807) is 31.2 Å². The molecule has 5 rings (SSSR count). The van der Waals surface area contributed by atoms with Crippen LogP contribution >= 0.6 is 0 Å². The molecule has 0 spiro atoms. The number of nitrogens with one attached hydrogen (secondary N) is 1. The molecule has 202 valence electrons. The van der Waals surface area contributed by atoms with E-state index in [4.69, 9.17) is 0 Å².